The largest absolute Gasteiger partial charge is 0.318 e. The Labute approximate surface area is 76.4 Å². The van der Waals surface area contributed by atoms with E-state index < -0.39 is 5.54 Å². The molecule has 0 saturated carbocycles. The zero-order valence-electron chi connectivity index (χ0n) is 7.61. The van der Waals surface area contributed by atoms with Crippen molar-refractivity contribution in [1.82, 2.24) is 9.97 Å². The summed E-state index contributed by atoms with van der Waals surface area (Å²) in [4.78, 5) is 19.0. The minimum absolute atomic E-state index is 0.269. The molecular weight excluding hydrogens is 168 g/mol. The summed E-state index contributed by atoms with van der Waals surface area (Å²) < 4.78 is 0. The van der Waals surface area contributed by atoms with E-state index in [1.165, 1.54) is 0 Å². The SMILES string of the molecule is CC(C)(N)C(=O)Nc1ncccn1. The van der Waals surface area contributed by atoms with E-state index in [2.05, 4.69) is 15.3 Å². The maximum Gasteiger partial charge on any atom is 0.246 e. The van der Waals surface area contributed by atoms with Crippen molar-refractivity contribution in [3.8, 4) is 0 Å². The van der Waals surface area contributed by atoms with E-state index >= 15 is 0 Å². The fourth-order valence-electron chi connectivity index (χ4n) is 0.626. The van der Waals surface area contributed by atoms with Crippen LogP contribution in [0.2, 0.25) is 0 Å². The average Bonchev–Trinajstić information content (AvgIpc) is 2.04. The van der Waals surface area contributed by atoms with E-state index in [1.54, 1.807) is 32.3 Å². The third kappa shape index (κ3) is 2.79. The van der Waals surface area contributed by atoms with Crippen LogP contribution in [0.3, 0.4) is 0 Å². The number of hydrogen-bond acceptors (Lipinski definition) is 4. The van der Waals surface area contributed by atoms with Crippen molar-refractivity contribution in [2.75, 3.05) is 5.32 Å². The van der Waals surface area contributed by atoms with Gasteiger partial charge in [-0.1, -0.05) is 0 Å². The van der Waals surface area contributed by atoms with Crippen LogP contribution in [-0.4, -0.2) is 21.4 Å². The number of hydrogen-bond donors (Lipinski definition) is 2. The number of carbonyl (C=O) groups is 1. The van der Waals surface area contributed by atoms with Gasteiger partial charge in [0.25, 0.3) is 0 Å². The summed E-state index contributed by atoms with van der Waals surface area (Å²) in [6.07, 6.45) is 3.10. The zero-order chi connectivity index (χ0) is 9.90. The second-order valence-corrected chi connectivity index (χ2v) is 3.25. The molecule has 3 N–H and O–H groups in total. The van der Waals surface area contributed by atoms with Crippen molar-refractivity contribution in [2.45, 2.75) is 19.4 Å². The highest BCUT2D eigenvalue weighted by Crippen LogP contribution is 2.01. The van der Waals surface area contributed by atoms with Crippen LogP contribution in [0.25, 0.3) is 0 Å². The zero-order valence-corrected chi connectivity index (χ0v) is 7.61. The number of aromatic nitrogens is 2. The number of anilines is 1. The van der Waals surface area contributed by atoms with Crippen molar-refractivity contribution in [3.63, 3.8) is 0 Å². The molecule has 1 aromatic rings. The van der Waals surface area contributed by atoms with E-state index in [1.807, 2.05) is 0 Å². The Morgan fingerprint density at radius 2 is 2.00 bits per heavy atom. The highest BCUT2D eigenvalue weighted by molar-refractivity contribution is 5.95. The molecule has 0 aliphatic heterocycles. The van der Waals surface area contributed by atoms with Crippen LogP contribution in [0.1, 0.15) is 13.8 Å². The maximum absolute atomic E-state index is 11.3. The smallest absolute Gasteiger partial charge is 0.246 e. The van der Waals surface area contributed by atoms with Gasteiger partial charge in [0.05, 0.1) is 5.54 Å². The lowest BCUT2D eigenvalue weighted by molar-refractivity contribution is -0.120. The first-order valence-electron chi connectivity index (χ1n) is 3.87. The summed E-state index contributed by atoms with van der Waals surface area (Å²) in [5.74, 6) is -0.0373. The molecular formula is C8H12N4O. The van der Waals surface area contributed by atoms with Gasteiger partial charge in [-0.25, -0.2) is 9.97 Å². The number of amides is 1. The van der Waals surface area contributed by atoms with Crippen LogP contribution in [0, 0.1) is 0 Å². The predicted octanol–water partition coefficient (Wildman–Crippen LogP) is 0.152. The first kappa shape index (κ1) is 9.60. The summed E-state index contributed by atoms with van der Waals surface area (Å²) in [5.41, 5.74) is 4.64. The summed E-state index contributed by atoms with van der Waals surface area (Å²) >= 11 is 0. The molecule has 0 spiro atoms. The Bertz CT molecular complexity index is 291. The van der Waals surface area contributed by atoms with Gasteiger partial charge in [-0.15, -0.1) is 0 Å². The Morgan fingerprint density at radius 3 is 2.46 bits per heavy atom. The van der Waals surface area contributed by atoms with Crippen molar-refractivity contribution in [2.24, 2.45) is 5.73 Å². The lowest BCUT2D eigenvalue weighted by Gasteiger charge is -2.16. The number of nitrogens with one attached hydrogen (secondary N) is 1. The van der Waals surface area contributed by atoms with Gasteiger partial charge in [0.1, 0.15) is 0 Å². The van der Waals surface area contributed by atoms with E-state index in [-0.39, 0.29) is 11.9 Å². The van der Waals surface area contributed by atoms with Gasteiger partial charge in [0.15, 0.2) is 0 Å². The molecule has 5 heteroatoms. The lowest BCUT2D eigenvalue weighted by atomic mass is 10.1. The first-order valence-corrected chi connectivity index (χ1v) is 3.87. The average molecular weight is 180 g/mol. The molecule has 0 saturated heterocycles. The van der Waals surface area contributed by atoms with Gasteiger partial charge in [-0.05, 0) is 19.9 Å². The van der Waals surface area contributed by atoms with Crippen LogP contribution in [0.5, 0.6) is 0 Å². The van der Waals surface area contributed by atoms with Crippen molar-refractivity contribution in [3.05, 3.63) is 18.5 Å². The number of carbonyl (C=O) groups excluding carboxylic acids is 1. The van der Waals surface area contributed by atoms with Crippen molar-refractivity contribution in [1.29, 1.82) is 0 Å². The van der Waals surface area contributed by atoms with Crippen LogP contribution in [0.4, 0.5) is 5.95 Å². The Morgan fingerprint density at radius 1 is 1.46 bits per heavy atom. The topological polar surface area (TPSA) is 80.9 Å². The molecule has 1 amide bonds. The highest BCUT2D eigenvalue weighted by atomic mass is 16.2. The molecule has 0 aromatic carbocycles. The molecule has 0 aliphatic rings. The van der Waals surface area contributed by atoms with Gasteiger partial charge in [0, 0.05) is 12.4 Å². The van der Waals surface area contributed by atoms with E-state index in [0.29, 0.717) is 0 Å². The second kappa shape index (κ2) is 3.49. The lowest BCUT2D eigenvalue weighted by Crippen LogP contribution is -2.45. The Hall–Kier alpha value is -1.49. The van der Waals surface area contributed by atoms with Crippen LogP contribution in [0.15, 0.2) is 18.5 Å². The van der Waals surface area contributed by atoms with Gasteiger partial charge >= 0.3 is 0 Å². The number of nitrogens with zero attached hydrogens (tertiary/aromatic N) is 2. The maximum atomic E-state index is 11.3. The Balaban J connectivity index is 2.66. The quantitative estimate of drug-likeness (QED) is 0.679. The normalized spacial score (nSPS) is 11.0. The molecule has 1 rings (SSSR count). The van der Waals surface area contributed by atoms with Gasteiger partial charge in [-0.3, -0.25) is 10.1 Å². The summed E-state index contributed by atoms with van der Waals surface area (Å²) in [5, 5.41) is 2.50. The monoisotopic (exact) mass is 180 g/mol. The molecule has 0 fully saturated rings. The first-order chi connectivity index (χ1) is 6.00. The van der Waals surface area contributed by atoms with Crippen molar-refractivity contribution >= 4 is 11.9 Å². The fourth-order valence-corrected chi connectivity index (χ4v) is 0.626. The minimum Gasteiger partial charge on any atom is -0.318 e. The van der Waals surface area contributed by atoms with Crippen LogP contribution >= 0.6 is 0 Å². The molecule has 0 bridgehead atoms. The summed E-state index contributed by atoms with van der Waals surface area (Å²) in [6, 6.07) is 1.67. The van der Waals surface area contributed by atoms with E-state index in [9.17, 15) is 4.79 Å². The second-order valence-electron chi connectivity index (χ2n) is 3.25. The molecule has 5 nitrogen and oxygen atoms in total. The fraction of sp³-hybridized carbons (Fsp3) is 0.375. The molecule has 0 radical (unpaired) electrons. The third-order valence-electron chi connectivity index (χ3n) is 1.38. The van der Waals surface area contributed by atoms with Gasteiger partial charge < -0.3 is 5.73 Å². The predicted molar refractivity (Wildman–Crippen MR) is 48.9 cm³/mol. The highest BCUT2D eigenvalue weighted by Gasteiger charge is 2.22. The molecule has 0 unspecified atom stereocenters. The van der Waals surface area contributed by atoms with E-state index in [4.69, 9.17) is 5.73 Å². The molecule has 0 atom stereocenters. The van der Waals surface area contributed by atoms with Crippen LogP contribution in [-0.2, 0) is 4.79 Å². The third-order valence-corrected chi connectivity index (χ3v) is 1.38. The molecule has 0 aliphatic carbocycles. The Kier molecular flexibility index (Phi) is 2.57. The summed E-state index contributed by atoms with van der Waals surface area (Å²) in [7, 11) is 0. The number of rotatable bonds is 2. The van der Waals surface area contributed by atoms with E-state index in [0.717, 1.165) is 0 Å². The standard InChI is InChI=1S/C8H12N4O/c1-8(2,9)6(13)12-7-10-4-3-5-11-7/h3-5H,9H2,1-2H3,(H,10,11,12,13). The van der Waals surface area contributed by atoms with Gasteiger partial charge in [0.2, 0.25) is 11.9 Å². The molecule has 1 heterocycles. The molecule has 13 heavy (non-hydrogen) atoms. The number of nitrogens with two attached hydrogens (primary N) is 1. The van der Waals surface area contributed by atoms with Gasteiger partial charge in [-0.2, -0.15) is 0 Å². The molecule has 1 aromatic heterocycles. The van der Waals surface area contributed by atoms with Crippen molar-refractivity contribution < 1.29 is 4.79 Å². The molecule has 70 valence electrons. The van der Waals surface area contributed by atoms with Crippen LogP contribution < -0.4 is 11.1 Å². The summed E-state index contributed by atoms with van der Waals surface area (Å²) in [6.45, 7) is 3.23. The minimum atomic E-state index is -0.917.